The van der Waals surface area contributed by atoms with E-state index >= 15 is 0 Å². The summed E-state index contributed by atoms with van der Waals surface area (Å²) in [5, 5.41) is 7.59. The first kappa shape index (κ1) is 16.6. The lowest BCUT2D eigenvalue weighted by Crippen LogP contribution is -2.39. The van der Waals surface area contributed by atoms with Gasteiger partial charge in [0.15, 0.2) is 5.96 Å². The fourth-order valence-corrected chi connectivity index (χ4v) is 2.87. The first-order valence-electron chi connectivity index (χ1n) is 7.30. The summed E-state index contributed by atoms with van der Waals surface area (Å²) >= 11 is 3.50. The highest BCUT2D eigenvalue weighted by atomic mass is 79.9. The SMILES string of the molecule is CN=C(NCCCn1cccn1)N(C)Cc1cc(Br)cn1C. The molecule has 0 aliphatic heterocycles. The van der Waals surface area contributed by atoms with E-state index in [4.69, 9.17) is 0 Å². The van der Waals surface area contributed by atoms with Gasteiger partial charge in [-0.3, -0.25) is 9.67 Å². The zero-order chi connectivity index (χ0) is 15.9. The van der Waals surface area contributed by atoms with Crippen LogP contribution in [0.4, 0.5) is 0 Å². The maximum Gasteiger partial charge on any atom is 0.193 e. The zero-order valence-electron chi connectivity index (χ0n) is 13.3. The number of nitrogens with one attached hydrogen (secondary N) is 1. The monoisotopic (exact) mass is 366 g/mol. The van der Waals surface area contributed by atoms with Gasteiger partial charge in [-0.25, -0.2) is 0 Å². The summed E-state index contributed by atoms with van der Waals surface area (Å²) in [5.74, 6) is 0.901. The fraction of sp³-hybridized carbons (Fsp3) is 0.467. The van der Waals surface area contributed by atoms with Gasteiger partial charge in [-0.1, -0.05) is 0 Å². The lowest BCUT2D eigenvalue weighted by Gasteiger charge is -2.22. The Bertz CT molecular complexity index is 602. The second-order valence-corrected chi connectivity index (χ2v) is 6.13. The van der Waals surface area contributed by atoms with Crippen LogP contribution < -0.4 is 5.32 Å². The van der Waals surface area contributed by atoms with Crippen LogP contribution in [0.1, 0.15) is 12.1 Å². The minimum absolute atomic E-state index is 0.806. The van der Waals surface area contributed by atoms with E-state index in [1.807, 2.05) is 38.1 Å². The van der Waals surface area contributed by atoms with E-state index in [0.717, 1.165) is 36.5 Å². The molecular formula is C15H23BrN6. The van der Waals surface area contributed by atoms with E-state index in [0.29, 0.717) is 0 Å². The molecule has 0 atom stereocenters. The van der Waals surface area contributed by atoms with E-state index in [1.165, 1.54) is 5.69 Å². The van der Waals surface area contributed by atoms with Crippen LogP contribution in [0.2, 0.25) is 0 Å². The van der Waals surface area contributed by atoms with E-state index < -0.39 is 0 Å². The number of hydrogen-bond acceptors (Lipinski definition) is 2. The summed E-state index contributed by atoms with van der Waals surface area (Å²) in [6.45, 7) is 2.58. The van der Waals surface area contributed by atoms with Crippen molar-refractivity contribution in [3.05, 3.63) is 40.9 Å². The van der Waals surface area contributed by atoms with Crippen LogP contribution in [0.3, 0.4) is 0 Å². The van der Waals surface area contributed by atoms with Crippen molar-refractivity contribution in [3.8, 4) is 0 Å². The smallest absolute Gasteiger partial charge is 0.193 e. The van der Waals surface area contributed by atoms with Crippen molar-refractivity contribution in [3.63, 3.8) is 0 Å². The van der Waals surface area contributed by atoms with Gasteiger partial charge in [0, 0.05) is 63.0 Å². The Kier molecular flexibility index (Phi) is 6.06. The lowest BCUT2D eigenvalue weighted by atomic mass is 10.4. The second-order valence-electron chi connectivity index (χ2n) is 5.21. The normalized spacial score (nSPS) is 11.7. The van der Waals surface area contributed by atoms with Gasteiger partial charge in [0.25, 0.3) is 0 Å². The van der Waals surface area contributed by atoms with E-state index in [2.05, 4.69) is 53.1 Å². The van der Waals surface area contributed by atoms with Crippen molar-refractivity contribution >= 4 is 21.9 Å². The number of aryl methyl sites for hydroxylation is 2. The van der Waals surface area contributed by atoms with Gasteiger partial charge in [-0.2, -0.15) is 5.10 Å². The molecule has 0 fully saturated rings. The molecule has 2 aromatic heterocycles. The van der Waals surface area contributed by atoms with Crippen molar-refractivity contribution in [1.82, 2.24) is 24.6 Å². The molecule has 120 valence electrons. The Morgan fingerprint density at radius 3 is 2.91 bits per heavy atom. The minimum atomic E-state index is 0.806. The van der Waals surface area contributed by atoms with Crippen LogP contribution in [-0.4, -0.2) is 45.8 Å². The number of nitrogens with zero attached hydrogens (tertiary/aromatic N) is 5. The summed E-state index contributed by atoms with van der Waals surface area (Å²) in [4.78, 5) is 6.46. The van der Waals surface area contributed by atoms with E-state index in [9.17, 15) is 0 Å². The molecule has 0 unspecified atom stereocenters. The molecule has 0 spiro atoms. The Hall–Kier alpha value is -1.76. The van der Waals surface area contributed by atoms with Crippen molar-refractivity contribution in [2.24, 2.45) is 12.0 Å². The molecule has 0 aliphatic rings. The van der Waals surface area contributed by atoms with Gasteiger partial charge < -0.3 is 14.8 Å². The molecule has 2 aromatic rings. The molecule has 6 nitrogen and oxygen atoms in total. The minimum Gasteiger partial charge on any atom is -0.356 e. The van der Waals surface area contributed by atoms with E-state index in [1.54, 1.807) is 6.20 Å². The van der Waals surface area contributed by atoms with Crippen LogP contribution in [-0.2, 0) is 20.1 Å². The van der Waals surface area contributed by atoms with Gasteiger partial charge in [0.1, 0.15) is 0 Å². The average Bonchev–Trinajstić information content (AvgIpc) is 3.09. The molecule has 0 aliphatic carbocycles. The molecule has 0 radical (unpaired) electrons. The molecule has 7 heteroatoms. The highest BCUT2D eigenvalue weighted by molar-refractivity contribution is 9.10. The Balaban J connectivity index is 1.79. The second kappa shape index (κ2) is 8.03. The predicted octanol–water partition coefficient (Wildman–Crippen LogP) is 2.08. The molecular weight excluding hydrogens is 344 g/mol. The van der Waals surface area contributed by atoms with E-state index in [-0.39, 0.29) is 0 Å². The highest BCUT2D eigenvalue weighted by Crippen LogP contribution is 2.14. The maximum absolute atomic E-state index is 4.34. The number of aromatic nitrogens is 3. The molecule has 0 amide bonds. The Labute approximate surface area is 140 Å². The Morgan fingerprint density at radius 2 is 2.32 bits per heavy atom. The average molecular weight is 367 g/mol. The third-order valence-electron chi connectivity index (χ3n) is 3.45. The maximum atomic E-state index is 4.34. The van der Waals surface area contributed by atoms with Crippen molar-refractivity contribution in [1.29, 1.82) is 0 Å². The van der Waals surface area contributed by atoms with Crippen LogP contribution in [0, 0.1) is 0 Å². The third-order valence-corrected chi connectivity index (χ3v) is 3.89. The molecule has 1 N–H and O–H groups in total. The van der Waals surface area contributed by atoms with Crippen LogP contribution >= 0.6 is 15.9 Å². The predicted molar refractivity (Wildman–Crippen MR) is 92.8 cm³/mol. The van der Waals surface area contributed by atoms with Crippen molar-refractivity contribution < 1.29 is 0 Å². The molecule has 0 saturated heterocycles. The van der Waals surface area contributed by atoms with Gasteiger partial charge in [-0.15, -0.1) is 0 Å². The fourth-order valence-electron chi connectivity index (χ4n) is 2.30. The standard InChI is InChI=1S/C15H23BrN6/c1-17-15(18-6-4-8-22-9-5-7-19-22)21(3)12-14-10-13(16)11-20(14)2/h5,7,9-11H,4,6,8,12H2,1-3H3,(H,17,18). The molecule has 2 rings (SSSR count). The molecule has 22 heavy (non-hydrogen) atoms. The molecule has 2 heterocycles. The summed E-state index contributed by atoms with van der Waals surface area (Å²) in [6, 6.07) is 4.07. The zero-order valence-corrected chi connectivity index (χ0v) is 14.9. The number of halogens is 1. The Morgan fingerprint density at radius 1 is 1.50 bits per heavy atom. The van der Waals surface area contributed by atoms with Gasteiger partial charge in [0.05, 0.1) is 6.54 Å². The van der Waals surface area contributed by atoms with Gasteiger partial charge >= 0.3 is 0 Å². The van der Waals surface area contributed by atoms with Crippen molar-refractivity contribution in [2.75, 3.05) is 20.6 Å². The number of guanidine groups is 1. The molecule has 0 aromatic carbocycles. The topological polar surface area (TPSA) is 50.4 Å². The first-order chi connectivity index (χ1) is 10.6. The van der Waals surface area contributed by atoms with Crippen LogP contribution in [0.15, 0.2) is 40.2 Å². The number of aliphatic imine (C=N–C) groups is 1. The lowest BCUT2D eigenvalue weighted by molar-refractivity contribution is 0.457. The quantitative estimate of drug-likeness (QED) is 0.483. The first-order valence-corrected chi connectivity index (χ1v) is 8.09. The summed E-state index contributed by atoms with van der Waals surface area (Å²) in [6.07, 6.45) is 6.85. The largest absolute Gasteiger partial charge is 0.356 e. The highest BCUT2D eigenvalue weighted by Gasteiger charge is 2.09. The third kappa shape index (κ3) is 4.62. The number of rotatable bonds is 6. The van der Waals surface area contributed by atoms with Gasteiger partial charge in [0.2, 0.25) is 0 Å². The summed E-state index contributed by atoms with van der Waals surface area (Å²) in [5.41, 5.74) is 1.23. The van der Waals surface area contributed by atoms with Gasteiger partial charge in [-0.05, 0) is 34.5 Å². The van der Waals surface area contributed by atoms with Crippen LogP contribution in [0.5, 0.6) is 0 Å². The summed E-state index contributed by atoms with van der Waals surface area (Å²) in [7, 11) is 5.91. The summed E-state index contributed by atoms with van der Waals surface area (Å²) < 4.78 is 5.15. The molecule has 0 bridgehead atoms. The molecule has 0 saturated carbocycles. The van der Waals surface area contributed by atoms with Crippen molar-refractivity contribution in [2.45, 2.75) is 19.5 Å². The van der Waals surface area contributed by atoms with Crippen LogP contribution in [0.25, 0.3) is 0 Å². The number of hydrogen-bond donors (Lipinski definition) is 1.